The molecule has 41 heavy (non-hydrogen) atoms. The number of rotatable bonds is 10. The van der Waals surface area contributed by atoms with Gasteiger partial charge in [-0.1, -0.05) is 49.2 Å². The minimum absolute atomic E-state index is 0.0465. The van der Waals surface area contributed by atoms with Gasteiger partial charge in [-0.15, -0.1) is 0 Å². The quantitative estimate of drug-likeness (QED) is 0.192. The molecule has 2 N–H and O–H groups in total. The molecule has 0 amide bonds. The number of carbonyl (C=O) groups is 1. The number of halogens is 2. The van der Waals surface area contributed by atoms with E-state index < -0.39 is 11.9 Å². The second-order valence-electron chi connectivity index (χ2n) is 9.66. The lowest BCUT2D eigenvalue weighted by atomic mass is 9.83. The van der Waals surface area contributed by atoms with Gasteiger partial charge < -0.3 is 29.4 Å². The SMILES string of the molecule is CCOc1c(Cl)cc(C(=O)Oc2ccc3c(c2)OC(N)=C(C#N)C3c2ccc(OCCC(C)C)c(OC)c2)cc1Cl. The van der Waals surface area contributed by atoms with Crippen LogP contribution in [0.4, 0.5) is 0 Å². The Morgan fingerprint density at radius 3 is 2.44 bits per heavy atom. The molecule has 1 atom stereocenters. The predicted octanol–water partition coefficient (Wildman–Crippen LogP) is 7.26. The number of nitrogens with zero attached hydrogens (tertiary/aromatic N) is 1. The molecular weight excluding hydrogens is 567 g/mol. The van der Waals surface area contributed by atoms with E-state index in [-0.39, 0.29) is 32.8 Å². The first kappa shape index (κ1) is 29.9. The average molecular weight is 597 g/mol. The van der Waals surface area contributed by atoms with Crippen LogP contribution in [0.5, 0.6) is 28.7 Å². The predicted molar refractivity (Wildman–Crippen MR) is 156 cm³/mol. The number of hydrogen-bond donors (Lipinski definition) is 1. The summed E-state index contributed by atoms with van der Waals surface area (Å²) in [6, 6.07) is 15.4. The number of allylic oxidation sites excluding steroid dienone is 1. The highest BCUT2D eigenvalue weighted by Gasteiger charge is 2.32. The molecule has 0 fully saturated rings. The molecular formula is C31H30Cl2N2O6. The van der Waals surface area contributed by atoms with E-state index in [1.165, 1.54) is 12.1 Å². The molecule has 1 aliphatic heterocycles. The molecule has 214 valence electrons. The summed E-state index contributed by atoms with van der Waals surface area (Å²) in [6.45, 7) is 6.98. The van der Waals surface area contributed by atoms with Crippen molar-refractivity contribution in [3.05, 3.63) is 86.7 Å². The molecule has 0 saturated heterocycles. The fourth-order valence-electron chi connectivity index (χ4n) is 4.36. The number of ether oxygens (including phenoxy) is 5. The fraction of sp³-hybridized carbons (Fsp3) is 0.290. The van der Waals surface area contributed by atoms with Crippen LogP contribution >= 0.6 is 23.2 Å². The van der Waals surface area contributed by atoms with Crippen LogP contribution in [0.25, 0.3) is 0 Å². The molecule has 0 radical (unpaired) electrons. The second-order valence-corrected chi connectivity index (χ2v) is 10.5. The van der Waals surface area contributed by atoms with E-state index in [1.54, 1.807) is 32.2 Å². The Bertz CT molecular complexity index is 1510. The standard InChI is InChI=1S/C31H30Cl2N2O6/c1-5-38-29-23(32)12-19(13-24(29)33)31(36)40-20-7-8-21-26(15-20)41-30(35)22(16-34)28(21)18-6-9-25(27(14-18)37-4)39-11-10-17(2)3/h6-9,12-15,17,28H,5,10-11,35H2,1-4H3. The van der Waals surface area contributed by atoms with Crippen LogP contribution in [0.1, 0.15) is 54.6 Å². The summed E-state index contributed by atoms with van der Waals surface area (Å²) in [7, 11) is 1.56. The Morgan fingerprint density at radius 1 is 1.07 bits per heavy atom. The molecule has 8 nitrogen and oxygen atoms in total. The maximum Gasteiger partial charge on any atom is 0.343 e. The second kappa shape index (κ2) is 13.1. The third-order valence-electron chi connectivity index (χ3n) is 6.40. The monoisotopic (exact) mass is 596 g/mol. The van der Waals surface area contributed by atoms with Gasteiger partial charge in [-0.25, -0.2) is 4.79 Å². The number of esters is 1. The molecule has 1 unspecified atom stereocenters. The van der Waals surface area contributed by atoms with E-state index in [9.17, 15) is 10.1 Å². The Hall–Kier alpha value is -4.06. The summed E-state index contributed by atoms with van der Waals surface area (Å²) in [5.74, 6) is 1.22. The topological polar surface area (TPSA) is 113 Å². The maximum atomic E-state index is 12.9. The van der Waals surface area contributed by atoms with Crippen LogP contribution < -0.4 is 29.4 Å². The molecule has 0 spiro atoms. The van der Waals surface area contributed by atoms with Crippen LogP contribution in [0.15, 0.2) is 60.0 Å². The van der Waals surface area contributed by atoms with E-state index in [4.69, 9.17) is 52.6 Å². The summed E-state index contributed by atoms with van der Waals surface area (Å²) in [6.07, 6.45) is 0.904. The Morgan fingerprint density at radius 2 is 1.80 bits per heavy atom. The smallest absolute Gasteiger partial charge is 0.343 e. The number of benzene rings is 3. The Balaban J connectivity index is 1.63. The zero-order valence-electron chi connectivity index (χ0n) is 23.1. The van der Waals surface area contributed by atoms with Gasteiger partial charge in [0, 0.05) is 11.6 Å². The van der Waals surface area contributed by atoms with Gasteiger partial charge in [0.15, 0.2) is 17.2 Å². The summed E-state index contributed by atoms with van der Waals surface area (Å²) in [5, 5.41) is 10.3. The lowest BCUT2D eigenvalue weighted by Gasteiger charge is -2.27. The van der Waals surface area contributed by atoms with Gasteiger partial charge in [-0.2, -0.15) is 5.26 Å². The van der Waals surface area contributed by atoms with Gasteiger partial charge in [0.1, 0.15) is 23.1 Å². The minimum Gasteiger partial charge on any atom is -0.493 e. The van der Waals surface area contributed by atoms with Gasteiger partial charge >= 0.3 is 5.97 Å². The first-order valence-electron chi connectivity index (χ1n) is 13.0. The summed E-state index contributed by atoms with van der Waals surface area (Å²) in [5.41, 5.74) is 7.99. The average Bonchev–Trinajstić information content (AvgIpc) is 2.94. The zero-order valence-corrected chi connectivity index (χ0v) is 24.6. The molecule has 0 aliphatic carbocycles. The van der Waals surface area contributed by atoms with E-state index in [0.717, 1.165) is 12.0 Å². The van der Waals surface area contributed by atoms with Crippen molar-refractivity contribution in [2.75, 3.05) is 20.3 Å². The third kappa shape index (κ3) is 6.64. The summed E-state index contributed by atoms with van der Waals surface area (Å²) < 4.78 is 28.3. The van der Waals surface area contributed by atoms with E-state index in [2.05, 4.69) is 19.9 Å². The number of methoxy groups -OCH3 is 1. The van der Waals surface area contributed by atoms with Crippen LogP contribution in [0, 0.1) is 17.2 Å². The van der Waals surface area contributed by atoms with Gasteiger partial charge in [0.25, 0.3) is 0 Å². The molecule has 10 heteroatoms. The van der Waals surface area contributed by atoms with Crippen molar-refractivity contribution < 1.29 is 28.5 Å². The van der Waals surface area contributed by atoms with Crippen LogP contribution in [-0.2, 0) is 0 Å². The van der Waals surface area contributed by atoms with Crippen molar-refractivity contribution >= 4 is 29.2 Å². The molecule has 1 heterocycles. The van der Waals surface area contributed by atoms with Crippen molar-refractivity contribution in [2.24, 2.45) is 11.7 Å². The summed E-state index contributed by atoms with van der Waals surface area (Å²) in [4.78, 5) is 12.9. The van der Waals surface area contributed by atoms with Crippen molar-refractivity contribution in [2.45, 2.75) is 33.1 Å². The summed E-state index contributed by atoms with van der Waals surface area (Å²) >= 11 is 12.5. The largest absolute Gasteiger partial charge is 0.493 e. The Labute approximate surface area is 249 Å². The molecule has 0 bridgehead atoms. The van der Waals surface area contributed by atoms with E-state index in [0.29, 0.717) is 47.7 Å². The van der Waals surface area contributed by atoms with E-state index in [1.807, 2.05) is 18.2 Å². The van der Waals surface area contributed by atoms with Crippen molar-refractivity contribution in [3.8, 4) is 34.8 Å². The van der Waals surface area contributed by atoms with Gasteiger partial charge in [-0.3, -0.25) is 0 Å². The van der Waals surface area contributed by atoms with Crippen molar-refractivity contribution in [3.63, 3.8) is 0 Å². The first-order valence-corrected chi connectivity index (χ1v) is 13.8. The van der Waals surface area contributed by atoms with Crippen LogP contribution in [-0.4, -0.2) is 26.3 Å². The maximum absolute atomic E-state index is 12.9. The molecule has 0 saturated carbocycles. The number of nitrogens with two attached hydrogens (primary N) is 1. The highest BCUT2D eigenvalue weighted by molar-refractivity contribution is 6.37. The highest BCUT2D eigenvalue weighted by atomic mass is 35.5. The number of fused-ring (bicyclic) bond motifs is 1. The molecule has 3 aromatic carbocycles. The van der Waals surface area contributed by atoms with Gasteiger partial charge in [-0.05, 0) is 55.2 Å². The van der Waals surface area contributed by atoms with Crippen molar-refractivity contribution in [1.82, 2.24) is 0 Å². The van der Waals surface area contributed by atoms with Gasteiger partial charge in [0.05, 0.1) is 41.9 Å². The Kier molecular flexibility index (Phi) is 9.53. The van der Waals surface area contributed by atoms with Crippen LogP contribution in [0.2, 0.25) is 10.0 Å². The zero-order chi connectivity index (χ0) is 29.7. The number of nitriles is 1. The molecule has 0 aromatic heterocycles. The van der Waals surface area contributed by atoms with E-state index >= 15 is 0 Å². The molecule has 4 rings (SSSR count). The van der Waals surface area contributed by atoms with Gasteiger partial charge in [0.2, 0.25) is 5.88 Å². The number of hydrogen-bond acceptors (Lipinski definition) is 8. The molecule has 1 aliphatic rings. The molecule has 3 aromatic rings. The van der Waals surface area contributed by atoms with Crippen LogP contribution in [0.3, 0.4) is 0 Å². The highest BCUT2D eigenvalue weighted by Crippen LogP contribution is 2.45. The number of carbonyl (C=O) groups excluding carboxylic acids is 1. The normalized spacial score (nSPS) is 14.1. The first-order chi connectivity index (χ1) is 19.7. The lowest BCUT2D eigenvalue weighted by Crippen LogP contribution is -2.21. The lowest BCUT2D eigenvalue weighted by molar-refractivity contribution is 0.0734. The minimum atomic E-state index is -0.678. The third-order valence-corrected chi connectivity index (χ3v) is 6.96. The fourth-order valence-corrected chi connectivity index (χ4v) is 4.95. The van der Waals surface area contributed by atoms with Crippen molar-refractivity contribution in [1.29, 1.82) is 5.26 Å².